The number of hydrogen-bond acceptors (Lipinski definition) is 3. The van der Waals surface area contributed by atoms with Crippen molar-refractivity contribution in [3.05, 3.63) is 78.6 Å². The lowest BCUT2D eigenvalue weighted by atomic mass is 10.0. The van der Waals surface area contributed by atoms with Crippen LogP contribution in [-0.2, 0) is 0 Å². The Bertz CT molecular complexity index is 891. The van der Waals surface area contributed by atoms with Gasteiger partial charge in [-0.05, 0) is 62.5 Å². The zero-order valence-electron chi connectivity index (χ0n) is 14.8. The van der Waals surface area contributed by atoms with Crippen molar-refractivity contribution in [2.75, 3.05) is 0 Å². The van der Waals surface area contributed by atoms with Crippen LogP contribution in [0, 0.1) is 0 Å². The third-order valence-electron chi connectivity index (χ3n) is 4.70. The lowest BCUT2D eigenvalue weighted by molar-refractivity contribution is 0.262. The summed E-state index contributed by atoms with van der Waals surface area (Å²) in [7, 11) is 0. The number of nitrogens with one attached hydrogen (secondary N) is 1. The first-order chi connectivity index (χ1) is 12.7. The predicted molar refractivity (Wildman–Crippen MR) is 106 cm³/mol. The zero-order valence-corrected chi connectivity index (χ0v) is 15.6. The van der Waals surface area contributed by atoms with E-state index >= 15 is 0 Å². The van der Waals surface area contributed by atoms with E-state index in [2.05, 4.69) is 69.1 Å². The van der Waals surface area contributed by atoms with Gasteiger partial charge in [-0.1, -0.05) is 6.07 Å². The molecule has 0 amide bonds. The van der Waals surface area contributed by atoms with E-state index in [9.17, 15) is 0 Å². The van der Waals surface area contributed by atoms with Crippen LogP contribution in [-0.4, -0.2) is 30.6 Å². The first-order valence-corrected chi connectivity index (χ1v) is 9.15. The highest BCUT2D eigenvalue weighted by Crippen LogP contribution is 2.40. The number of pyridine rings is 2. The largest absolute Gasteiger partial charge is 0.352 e. The summed E-state index contributed by atoms with van der Waals surface area (Å²) in [6, 6.07) is 14.5. The van der Waals surface area contributed by atoms with Crippen molar-refractivity contribution in [1.29, 1.82) is 0 Å². The van der Waals surface area contributed by atoms with Crippen molar-refractivity contribution in [1.82, 2.24) is 24.8 Å². The van der Waals surface area contributed by atoms with Gasteiger partial charge in [0.25, 0.3) is 0 Å². The van der Waals surface area contributed by atoms with E-state index in [0.29, 0.717) is 0 Å². The highest BCUT2D eigenvalue weighted by molar-refractivity contribution is 7.80. The van der Waals surface area contributed by atoms with Crippen molar-refractivity contribution in [2.45, 2.75) is 32.0 Å². The first kappa shape index (κ1) is 16.7. The van der Waals surface area contributed by atoms with E-state index in [1.54, 1.807) is 6.20 Å². The number of rotatable bonds is 4. The SMILES string of the molecule is CC(C)N1C(=S)N[C@@H](c2ccccn2)[C@@H]1c1cccn1-c1cccnc1. The van der Waals surface area contributed by atoms with Crippen LogP contribution in [0.25, 0.3) is 5.69 Å². The topological polar surface area (TPSA) is 46.0 Å². The van der Waals surface area contributed by atoms with Gasteiger partial charge in [-0.3, -0.25) is 9.97 Å². The molecular formula is C20H21N5S. The van der Waals surface area contributed by atoms with E-state index < -0.39 is 0 Å². The second-order valence-corrected chi connectivity index (χ2v) is 7.03. The van der Waals surface area contributed by atoms with Crippen LogP contribution >= 0.6 is 12.2 Å². The molecular weight excluding hydrogens is 342 g/mol. The fraction of sp³-hybridized carbons (Fsp3) is 0.250. The van der Waals surface area contributed by atoms with Crippen LogP contribution in [0.2, 0.25) is 0 Å². The molecule has 5 nitrogen and oxygen atoms in total. The monoisotopic (exact) mass is 363 g/mol. The van der Waals surface area contributed by atoms with E-state index in [4.69, 9.17) is 12.2 Å². The highest BCUT2D eigenvalue weighted by atomic mass is 32.1. The van der Waals surface area contributed by atoms with Gasteiger partial charge in [-0.2, -0.15) is 0 Å². The molecule has 3 aromatic heterocycles. The summed E-state index contributed by atoms with van der Waals surface area (Å²) < 4.78 is 2.18. The molecule has 6 heteroatoms. The Balaban J connectivity index is 1.83. The Hall–Kier alpha value is -2.73. The van der Waals surface area contributed by atoms with E-state index in [-0.39, 0.29) is 18.1 Å². The third kappa shape index (κ3) is 2.86. The Morgan fingerprint density at radius 3 is 2.65 bits per heavy atom. The molecule has 4 heterocycles. The Labute approximate surface area is 158 Å². The highest BCUT2D eigenvalue weighted by Gasteiger charge is 2.42. The van der Waals surface area contributed by atoms with Crippen LogP contribution in [0.5, 0.6) is 0 Å². The summed E-state index contributed by atoms with van der Waals surface area (Å²) in [5.74, 6) is 0. The van der Waals surface area contributed by atoms with E-state index in [0.717, 1.165) is 22.2 Å². The minimum Gasteiger partial charge on any atom is -0.352 e. The summed E-state index contributed by atoms with van der Waals surface area (Å²) in [6.07, 6.45) is 7.56. The van der Waals surface area contributed by atoms with Crippen LogP contribution in [0.1, 0.15) is 37.3 Å². The quantitative estimate of drug-likeness (QED) is 0.717. The fourth-order valence-corrected chi connectivity index (χ4v) is 4.06. The smallest absolute Gasteiger partial charge is 0.170 e. The average Bonchev–Trinajstić information content (AvgIpc) is 3.27. The summed E-state index contributed by atoms with van der Waals surface area (Å²) in [5, 5.41) is 4.25. The molecule has 0 saturated carbocycles. The number of nitrogens with zero attached hydrogens (tertiary/aromatic N) is 4. The Morgan fingerprint density at radius 2 is 1.96 bits per heavy atom. The summed E-state index contributed by atoms with van der Waals surface area (Å²) in [6.45, 7) is 4.33. The molecule has 0 spiro atoms. The zero-order chi connectivity index (χ0) is 18.1. The third-order valence-corrected chi connectivity index (χ3v) is 5.03. The van der Waals surface area contributed by atoms with Crippen LogP contribution < -0.4 is 5.32 Å². The predicted octanol–water partition coefficient (Wildman–Crippen LogP) is 3.65. The lowest BCUT2D eigenvalue weighted by Crippen LogP contribution is -2.36. The van der Waals surface area contributed by atoms with Gasteiger partial charge >= 0.3 is 0 Å². The van der Waals surface area contributed by atoms with Gasteiger partial charge < -0.3 is 14.8 Å². The van der Waals surface area contributed by atoms with Crippen LogP contribution in [0.15, 0.2) is 67.3 Å². The van der Waals surface area contributed by atoms with Gasteiger partial charge in [0.1, 0.15) is 0 Å². The molecule has 0 unspecified atom stereocenters. The molecule has 1 saturated heterocycles. The molecule has 1 aliphatic heterocycles. The van der Waals surface area contributed by atoms with Gasteiger partial charge in [0, 0.05) is 30.3 Å². The molecule has 3 aromatic rings. The molecule has 2 atom stereocenters. The molecule has 132 valence electrons. The van der Waals surface area contributed by atoms with Crippen molar-refractivity contribution < 1.29 is 0 Å². The standard InChI is InChI=1S/C20H21N5S/c1-14(2)25-19(18(23-20(25)26)16-8-3-4-11-22-16)17-9-6-12-24(17)15-7-5-10-21-13-15/h3-14,18-19H,1-2H3,(H,23,26)/t18-,19-/m0/s1. The lowest BCUT2D eigenvalue weighted by Gasteiger charge is -2.31. The van der Waals surface area contributed by atoms with Crippen molar-refractivity contribution >= 4 is 17.3 Å². The van der Waals surface area contributed by atoms with Crippen LogP contribution in [0.4, 0.5) is 0 Å². The molecule has 0 aliphatic carbocycles. The first-order valence-electron chi connectivity index (χ1n) is 8.74. The normalized spacial score (nSPS) is 19.8. The number of hydrogen-bond donors (Lipinski definition) is 1. The maximum absolute atomic E-state index is 5.67. The van der Waals surface area contributed by atoms with E-state index in [1.165, 1.54) is 0 Å². The second-order valence-electron chi connectivity index (χ2n) is 6.64. The average molecular weight is 363 g/mol. The summed E-state index contributed by atoms with van der Waals surface area (Å²) in [5.41, 5.74) is 3.19. The molecule has 4 rings (SSSR count). The van der Waals surface area contributed by atoms with Crippen LogP contribution in [0.3, 0.4) is 0 Å². The number of aromatic nitrogens is 3. The van der Waals surface area contributed by atoms with Gasteiger partial charge in [0.15, 0.2) is 5.11 Å². The molecule has 26 heavy (non-hydrogen) atoms. The van der Waals surface area contributed by atoms with Crippen molar-refractivity contribution in [3.8, 4) is 5.69 Å². The Morgan fingerprint density at radius 1 is 1.08 bits per heavy atom. The molecule has 1 fully saturated rings. The van der Waals surface area contributed by atoms with Gasteiger partial charge in [-0.15, -0.1) is 0 Å². The molecule has 1 N–H and O–H groups in total. The van der Waals surface area contributed by atoms with E-state index in [1.807, 2.05) is 30.6 Å². The maximum Gasteiger partial charge on any atom is 0.170 e. The number of thiocarbonyl (C=S) groups is 1. The van der Waals surface area contributed by atoms with Crippen molar-refractivity contribution in [3.63, 3.8) is 0 Å². The fourth-order valence-electron chi connectivity index (χ4n) is 3.60. The maximum atomic E-state index is 5.67. The van der Waals surface area contributed by atoms with Gasteiger partial charge in [0.2, 0.25) is 0 Å². The summed E-state index contributed by atoms with van der Waals surface area (Å²) >= 11 is 5.67. The van der Waals surface area contributed by atoms with Gasteiger partial charge in [-0.25, -0.2) is 0 Å². The minimum atomic E-state index is -0.00331. The Kier molecular flexibility index (Phi) is 4.42. The molecule has 0 radical (unpaired) electrons. The summed E-state index contributed by atoms with van der Waals surface area (Å²) in [4.78, 5) is 11.1. The molecule has 0 aromatic carbocycles. The second kappa shape index (κ2) is 6.88. The minimum absolute atomic E-state index is 0.00331. The van der Waals surface area contributed by atoms with Gasteiger partial charge in [0.05, 0.1) is 29.7 Å². The molecule has 0 bridgehead atoms. The molecule has 1 aliphatic rings. The van der Waals surface area contributed by atoms with Crippen molar-refractivity contribution in [2.24, 2.45) is 0 Å².